The number of aromatic nitrogens is 9. The highest BCUT2D eigenvalue weighted by Crippen LogP contribution is 2.38. The smallest absolute Gasteiger partial charge is 0.330 e. The fourth-order valence-electron chi connectivity index (χ4n) is 8.93. The zero-order chi connectivity index (χ0) is 47.0. The summed E-state index contributed by atoms with van der Waals surface area (Å²) < 4.78 is 6.73. The molecule has 0 saturated carbocycles. The molecule has 0 radical (unpaired) electrons. The summed E-state index contributed by atoms with van der Waals surface area (Å²) in [5, 5.41) is 22.5. The molecule has 0 aliphatic carbocycles. The first-order valence-corrected chi connectivity index (χ1v) is 22.0. The number of carbonyl (C=O) groups is 1. The molecule has 16 heteroatoms. The normalized spacial score (nSPS) is 16.3. The Morgan fingerprint density at radius 1 is 0.638 bits per heavy atom. The number of nitrogens with one attached hydrogen (secondary N) is 4. The lowest BCUT2D eigenvalue weighted by atomic mass is 10.0. The highest BCUT2D eigenvalue weighted by atomic mass is 16.5. The van der Waals surface area contributed by atoms with Crippen LogP contribution in [0.25, 0.3) is 97.0 Å². The monoisotopic (exact) mass is 912 g/mol. The van der Waals surface area contributed by atoms with E-state index in [1.54, 1.807) is 49.3 Å². The molecule has 1 saturated heterocycles. The van der Waals surface area contributed by atoms with Gasteiger partial charge in [-0.3, -0.25) is 34.1 Å². The summed E-state index contributed by atoms with van der Waals surface area (Å²) >= 11 is 0. The maximum atomic E-state index is 13.3. The summed E-state index contributed by atoms with van der Waals surface area (Å²) in [7, 11) is 0. The molecule has 7 aromatic heterocycles. The van der Waals surface area contributed by atoms with E-state index in [1.165, 1.54) is 18.3 Å². The molecule has 8 bridgehead atoms. The number of aliphatic hydroxyl groups excluding tert-OH is 2. The van der Waals surface area contributed by atoms with E-state index in [9.17, 15) is 24.6 Å². The maximum absolute atomic E-state index is 13.3. The molecular weight excluding hydrogens is 873 g/mol. The zero-order valence-corrected chi connectivity index (χ0v) is 36.4. The van der Waals surface area contributed by atoms with Gasteiger partial charge in [0.1, 0.15) is 12.3 Å². The maximum Gasteiger partial charge on any atom is 0.330 e. The number of hydrogen-bond acceptors (Lipinski definition) is 11. The number of anilines is 1. The summed E-state index contributed by atoms with van der Waals surface area (Å²) in [5.74, 6) is -0.526. The highest BCUT2D eigenvalue weighted by molar-refractivity contribution is 6.03. The van der Waals surface area contributed by atoms with Crippen LogP contribution < -0.4 is 16.6 Å². The average Bonchev–Trinajstić information content (AvgIpc) is 4.25. The van der Waals surface area contributed by atoms with Gasteiger partial charge in [-0.2, -0.15) is 0 Å². The molecule has 338 valence electrons. The van der Waals surface area contributed by atoms with Crippen LogP contribution in [0.4, 0.5) is 5.69 Å². The number of benzene rings is 1. The van der Waals surface area contributed by atoms with Crippen LogP contribution >= 0.6 is 0 Å². The third-order valence-electron chi connectivity index (χ3n) is 12.2. The van der Waals surface area contributed by atoms with Gasteiger partial charge in [0.2, 0.25) is 5.91 Å². The lowest BCUT2D eigenvalue weighted by Crippen LogP contribution is -2.33. The molecule has 3 aliphatic rings. The summed E-state index contributed by atoms with van der Waals surface area (Å²) in [6.45, 7) is -0.432. The molecular formula is C53H40N10O6. The van der Waals surface area contributed by atoms with Gasteiger partial charge in [-0.05, 0) is 125 Å². The molecule has 10 heterocycles. The lowest BCUT2D eigenvalue weighted by molar-refractivity contribution is -0.111. The second-order valence-corrected chi connectivity index (χ2v) is 16.5. The Morgan fingerprint density at radius 2 is 1.07 bits per heavy atom. The van der Waals surface area contributed by atoms with Crippen molar-refractivity contribution in [2.75, 3.05) is 11.9 Å². The van der Waals surface area contributed by atoms with Crippen LogP contribution in [0.1, 0.15) is 41.0 Å². The molecule has 1 aromatic carbocycles. The highest BCUT2D eigenvalue weighted by Gasteiger charge is 2.35. The molecule has 3 aliphatic heterocycles. The van der Waals surface area contributed by atoms with E-state index in [2.05, 4.69) is 47.4 Å². The number of nitrogens with zero attached hydrogens (tertiary/aromatic N) is 6. The predicted molar refractivity (Wildman–Crippen MR) is 265 cm³/mol. The Morgan fingerprint density at radius 3 is 1.49 bits per heavy atom. The molecule has 69 heavy (non-hydrogen) atoms. The minimum atomic E-state index is -0.989. The minimum Gasteiger partial charge on any atom is -0.394 e. The Balaban J connectivity index is 1.03. The van der Waals surface area contributed by atoms with Gasteiger partial charge >= 0.3 is 5.69 Å². The number of amides is 1. The van der Waals surface area contributed by atoms with Crippen LogP contribution in [0.5, 0.6) is 0 Å². The first-order valence-electron chi connectivity index (χ1n) is 22.0. The van der Waals surface area contributed by atoms with Crippen molar-refractivity contribution >= 4 is 64.0 Å². The first-order chi connectivity index (χ1) is 33.8. The molecule has 8 aromatic rings. The van der Waals surface area contributed by atoms with E-state index in [1.807, 2.05) is 85.0 Å². The number of aromatic amines is 3. The van der Waals surface area contributed by atoms with E-state index in [-0.39, 0.29) is 12.0 Å². The molecule has 3 atom stereocenters. The minimum absolute atomic E-state index is 0.0157. The second kappa shape index (κ2) is 18.0. The molecule has 6 N–H and O–H groups in total. The number of hydrogen-bond donors (Lipinski definition) is 6. The van der Waals surface area contributed by atoms with Gasteiger partial charge < -0.3 is 30.2 Å². The number of H-pyrrole nitrogens is 3. The SMILES string of the molecule is O=C(/C=C/c1cn([C@H]2C[C@H](O)[C@@H](CO)O2)c(=O)[nH]c1=O)Nc1ccc(-c2c3nc(c(-c4ccncc4)c4ccc([nH]4)c(-c4ccncc4)c4nc(c(-c5ccncc5)c5ccc2[nH]5)C=C4)C=C3)cc1. The van der Waals surface area contributed by atoms with E-state index in [4.69, 9.17) is 14.7 Å². The number of rotatable bonds is 9. The van der Waals surface area contributed by atoms with E-state index < -0.39 is 42.2 Å². The predicted octanol–water partition coefficient (Wildman–Crippen LogP) is 7.65. The zero-order valence-electron chi connectivity index (χ0n) is 36.4. The summed E-state index contributed by atoms with van der Waals surface area (Å²) in [5.41, 5.74) is 12.4. The Labute approximate surface area is 391 Å². The van der Waals surface area contributed by atoms with Crippen LogP contribution in [-0.2, 0) is 9.53 Å². The van der Waals surface area contributed by atoms with Crippen molar-refractivity contribution in [3.8, 4) is 44.5 Å². The second-order valence-electron chi connectivity index (χ2n) is 16.5. The Kier molecular flexibility index (Phi) is 11.1. The molecule has 0 spiro atoms. The quantitative estimate of drug-likeness (QED) is 0.0771. The molecule has 11 rings (SSSR count). The van der Waals surface area contributed by atoms with Gasteiger partial charge in [-0.1, -0.05) is 12.1 Å². The van der Waals surface area contributed by atoms with Crippen molar-refractivity contribution in [3.63, 3.8) is 0 Å². The van der Waals surface area contributed by atoms with Gasteiger partial charge in [-0.15, -0.1) is 0 Å². The van der Waals surface area contributed by atoms with E-state index in [0.29, 0.717) is 11.4 Å². The number of carbonyl (C=O) groups excluding carboxylic acids is 1. The van der Waals surface area contributed by atoms with Crippen LogP contribution in [0.2, 0.25) is 0 Å². The van der Waals surface area contributed by atoms with Crippen LogP contribution in [0.15, 0.2) is 144 Å². The topological polar surface area (TPSA) is 230 Å². The van der Waals surface area contributed by atoms with Crippen molar-refractivity contribution in [3.05, 3.63) is 184 Å². The lowest BCUT2D eigenvalue weighted by Gasteiger charge is -2.14. The molecule has 0 unspecified atom stereocenters. The van der Waals surface area contributed by atoms with E-state index in [0.717, 1.165) is 88.2 Å². The summed E-state index contributed by atoms with van der Waals surface area (Å²) in [6, 6.07) is 27.4. The van der Waals surface area contributed by atoms with Crippen LogP contribution in [0.3, 0.4) is 0 Å². The first kappa shape index (κ1) is 42.7. The standard InChI is InChI=1S/C53H40N10O6/c64-29-45-44(65)27-47(69-45)63-28-34(52(67)62-53(63)68)3-14-46(66)57-35-4-1-30(2-5-35)48-36-6-8-38(58-36)49(31-15-21-54-22-16-31)40-10-12-42(60-40)51(33-19-25-56-26-20-33)43-13-11-41(61-43)50(32-17-23-55-24-18-32)39-9-7-37(48)59-39/h1-26,28,44-45,47,58,61,64-65H,27,29H2,(H,57,66)(H,62,67,68)/b14-3+,48-36?,48-37?,49-38?,49-40?,50-39?,50-41?,51-42?,51-43?/t44-,45+,47+/m0/s1. The summed E-state index contributed by atoms with van der Waals surface area (Å²) in [4.78, 5) is 71.8. The average molecular weight is 913 g/mol. The van der Waals surface area contributed by atoms with Crippen molar-refractivity contribution in [1.82, 2.24) is 44.4 Å². The molecule has 1 amide bonds. The number of aliphatic hydroxyl groups is 2. The van der Waals surface area contributed by atoms with Crippen molar-refractivity contribution < 1.29 is 19.7 Å². The molecule has 1 fully saturated rings. The third-order valence-corrected chi connectivity index (χ3v) is 12.2. The van der Waals surface area contributed by atoms with Gasteiger partial charge in [0.05, 0.1) is 41.1 Å². The fraction of sp³-hybridized carbons (Fsp3) is 0.0943. The third kappa shape index (κ3) is 8.31. The Hall–Kier alpha value is -8.96. The van der Waals surface area contributed by atoms with Gasteiger partial charge in [0.25, 0.3) is 5.56 Å². The Bertz CT molecular complexity index is 3640. The van der Waals surface area contributed by atoms with Gasteiger partial charge in [0, 0.05) is 106 Å². The van der Waals surface area contributed by atoms with Crippen LogP contribution in [-0.4, -0.2) is 79.4 Å². The van der Waals surface area contributed by atoms with Gasteiger partial charge in [-0.25, -0.2) is 14.8 Å². The van der Waals surface area contributed by atoms with Crippen molar-refractivity contribution in [2.45, 2.75) is 24.9 Å². The number of pyridine rings is 3. The van der Waals surface area contributed by atoms with Gasteiger partial charge in [0.15, 0.2) is 0 Å². The number of fused-ring (bicyclic) bond motifs is 8. The van der Waals surface area contributed by atoms with E-state index >= 15 is 0 Å². The van der Waals surface area contributed by atoms with Crippen molar-refractivity contribution in [2.24, 2.45) is 0 Å². The van der Waals surface area contributed by atoms with Crippen molar-refractivity contribution in [1.29, 1.82) is 0 Å². The number of ether oxygens (including phenoxy) is 1. The van der Waals surface area contributed by atoms with Crippen LogP contribution in [0, 0.1) is 0 Å². The summed E-state index contributed by atoms with van der Waals surface area (Å²) in [6.07, 6.45) is 19.7. The fourth-order valence-corrected chi connectivity index (χ4v) is 8.93. The largest absolute Gasteiger partial charge is 0.394 e. The molecule has 16 nitrogen and oxygen atoms in total.